The van der Waals surface area contributed by atoms with E-state index in [1.807, 2.05) is 12.1 Å². The summed E-state index contributed by atoms with van der Waals surface area (Å²) in [6.07, 6.45) is 3.78. The SMILES string of the molecule is CCCOC1CCCN(Cc2nc(NCC)ccc2Cl)C1. The summed E-state index contributed by atoms with van der Waals surface area (Å²) in [4.78, 5) is 7.01. The first-order chi connectivity index (χ1) is 10.2. The summed E-state index contributed by atoms with van der Waals surface area (Å²) in [5.41, 5.74) is 0.950. The fourth-order valence-corrected chi connectivity index (χ4v) is 2.83. The molecule has 1 aromatic heterocycles. The maximum absolute atomic E-state index is 6.29. The maximum Gasteiger partial charge on any atom is 0.126 e. The largest absolute Gasteiger partial charge is 0.377 e. The van der Waals surface area contributed by atoms with Gasteiger partial charge in [0.25, 0.3) is 0 Å². The summed E-state index contributed by atoms with van der Waals surface area (Å²) < 4.78 is 5.89. The third-order valence-electron chi connectivity index (χ3n) is 3.67. The summed E-state index contributed by atoms with van der Waals surface area (Å²) in [7, 11) is 0. The first-order valence-corrected chi connectivity index (χ1v) is 8.34. The molecule has 21 heavy (non-hydrogen) atoms. The number of piperidine rings is 1. The Bertz CT molecular complexity index is 442. The van der Waals surface area contributed by atoms with E-state index in [-0.39, 0.29) is 0 Å². The van der Waals surface area contributed by atoms with E-state index < -0.39 is 0 Å². The van der Waals surface area contributed by atoms with E-state index in [9.17, 15) is 0 Å². The summed E-state index contributed by atoms with van der Waals surface area (Å²) in [6.45, 7) is 8.80. The lowest BCUT2D eigenvalue weighted by molar-refractivity contribution is -0.00250. The number of nitrogens with zero attached hydrogens (tertiary/aromatic N) is 2. The first-order valence-electron chi connectivity index (χ1n) is 7.96. The summed E-state index contributed by atoms with van der Waals surface area (Å²) >= 11 is 6.29. The number of nitrogens with one attached hydrogen (secondary N) is 1. The molecule has 118 valence electrons. The third kappa shape index (κ3) is 5.13. The number of halogens is 1. The van der Waals surface area contributed by atoms with Crippen molar-refractivity contribution in [2.75, 3.05) is 31.6 Å². The molecule has 1 fully saturated rings. The number of rotatable bonds is 7. The molecule has 0 saturated carbocycles. The third-order valence-corrected chi connectivity index (χ3v) is 4.01. The van der Waals surface area contributed by atoms with Crippen molar-refractivity contribution in [1.29, 1.82) is 0 Å². The molecule has 2 heterocycles. The zero-order chi connectivity index (χ0) is 15.1. The van der Waals surface area contributed by atoms with E-state index in [0.29, 0.717) is 6.10 Å². The van der Waals surface area contributed by atoms with E-state index in [2.05, 4.69) is 29.0 Å². The molecule has 1 aliphatic rings. The van der Waals surface area contributed by atoms with Crippen LogP contribution in [0.4, 0.5) is 5.82 Å². The minimum Gasteiger partial charge on any atom is -0.377 e. The molecule has 1 aliphatic heterocycles. The Morgan fingerprint density at radius 3 is 3.05 bits per heavy atom. The Labute approximate surface area is 132 Å². The molecular weight excluding hydrogens is 286 g/mol. The van der Waals surface area contributed by atoms with E-state index >= 15 is 0 Å². The van der Waals surface area contributed by atoms with Gasteiger partial charge in [0.05, 0.1) is 16.8 Å². The van der Waals surface area contributed by atoms with Crippen molar-refractivity contribution >= 4 is 17.4 Å². The number of anilines is 1. The zero-order valence-corrected chi connectivity index (χ0v) is 13.8. The second-order valence-electron chi connectivity index (χ2n) is 5.53. The molecule has 5 heteroatoms. The highest BCUT2D eigenvalue weighted by Gasteiger charge is 2.21. The van der Waals surface area contributed by atoms with E-state index in [1.54, 1.807) is 0 Å². The highest BCUT2D eigenvalue weighted by Crippen LogP contribution is 2.21. The first kappa shape index (κ1) is 16.5. The smallest absolute Gasteiger partial charge is 0.126 e. The Morgan fingerprint density at radius 2 is 2.29 bits per heavy atom. The van der Waals surface area contributed by atoms with Gasteiger partial charge >= 0.3 is 0 Å². The summed E-state index contributed by atoms with van der Waals surface area (Å²) in [6, 6.07) is 3.86. The predicted octanol–water partition coefficient (Wildman–Crippen LogP) is 3.56. The van der Waals surface area contributed by atoms with Crippen LogP contribution >= 0.6 is 11.6 Å². The molecule has 0 amide bonds. The van der Waals surface area contributed by atoms with E-state index in [4.69, 9.17) is 16.3 Å². The van der Waals surface area contributed by atoms with Crippen LogP contribution in [-0.2, 0) is 11.3 Å². The van der Waals surface area contributed by atoms with Crippen LogP contribution in [0.1, 0.15) is 38.8 Å². The van der Waals surface area contributed by atoms with Gasteiger partial charge in [-0.25, -0.2) is 4.98 Å². The molecule has 0 aromatic carbocycles. The zero-order valence-electron chi connectivity index (χ0n) is 13.1. The molecule has 1 aromatic rings. The number of likely N-dealkylation sites (tertiary alicyclic amines) is 1. The van der Waals surface area contributed by atoms with Gasteiger partial charge in [-0.05, 0) is 44.9 Å². The van der Waals surface area contributed by atoms with Gasteiger partial charge in [-0.2, -0.15) is 0 Å². The van der Waals surface area contributed by atoms with Crippen molar-refractivity contribution in [3.8, 4) is 0 Å². The van der Waals surface area contributed by atoms with Crippen molar-refractivity contribution < 1.29 is 4.74 Å². The highest BCUT2D eigenvalue weighted by molar-refractivity contribution is 6.31. The molecule has 0 spiro atoms. The second kappa shape index (κ2) is 8.57. The lowest BCUT2D eigenvalue weighted by Gasteiger charge is -2.32. The molecule has 1 N–H and O–H groups in total. The fraction of sp³-hybridized carbons (Fsp3) is 0.688. The van der Waals surface area contributed by atoms with Crippen LogP contribution < -0.4 is 5.32 Å². The lowest BCUT2D eigenvalue weighted by atomic mass is 10.1. The monoisotopic (exact) mass is 311 g/mol. The molecule has 4 nitrogen and oxygen atoms in total. The average molecular weight is 312 g/mol. The van der Waals surface area contributed by atoms with Gasteiger partial charge in [-0.15, -0.1) is 0 Å². The molecule has 0 aliphatic carbocycles. The van der Waals surface area contributed by atoms with Crippen LogP contribution in [0, 0.1) is 0 Å². The van der Waals surface area contributed by atoms with E-state index in [1.165, 1.54) is 6.42 Å². The molecule has 0 bridgehead atoms. The summed E-state index contributed by atoms with van der Waals surface area (Å²) in [5.74, 6) is 0.896. The van der Waals surface area contributed by atoms with Gasteiger partial charge in [0, 0.05) is 26.2 Å². The number of hydrogen-bond donors (Lipinski definition) is 1. The number of hydrogen-bond acceptors (Lipinski definition) is 4. The minimum absolute atomic E-state index is 0.356. The van der Waals surface area contributed by atoms with Gasteiger partial charge in [0.2, 0.25) is 0 Å². The van der Waals surface area contributed by atoms with E-state index in [0.717, 1.165) is 62.2 Å². The van der Waals surface area contributed by atoms with Crippen molar-refractivity contribution in [2.45, 2.75) is 45.8 Å². The van der Waals surface area contributed by atoms with Crippen LogP contribution in [-0.4, -0.2) is 42.2 Å². The normalized spacial score (nSPS) is 19.7. The lowest BCUT2D eigenvalue weighted by Crippen LogP contribution is -2.39. The fourth-order valence-electron chi connectivity index (χ4n) is 2.66. The number of pyridine rings is 1. The van der Waals surface area contributed by atoms with Gasteiger partial charge in [-0.3, -0.25) is 4.90 Å². The standard InChI is InChI=1S/C16H26ClN3O/c1-3-10-21-13-6-5-9-20(11-13)12-15-14(17)7-8-16(19-15)18-4-2/h7-8,13H,3-6,9-12H2,1-2H3,(H,18,19). The van der Waals surface area contributed by atoms with Crippen LogP contribution in [0.2, 0.25) is 5.02 Å². The highest BCUT2D eigenvalue weighted by atomic mass is 35.5. The van der Waals surface area contributed by atoms with Crippen molar-refractivity contribution in [3.63, 3.8) is 0 Å². The van der Waals surface area contributed by atoms with Crippen LogP contribution in [0.25, 0.3) is 0 Å². The Morgan fingerprint density at radius 1 is 1.43 bits per heavy atom. The Balaban J connectivity index is 1.95. The van der Waals surface area contributed by atoms with Crippen LogP contribution in [0.5, 0.6) is 0 Å². The van der Waals surface area contributed by atoms with Gasteiger partial charge < -0.3 is 10.1 Å². The molecular formula is C16H26ClN3O. The number of aromatic nitrogens is 1. The van der Waals surface area contributed by atoms with Gasteiger partial charge in [-0.1, -0.05) is 18.5 Å². The predicted molar refractivity (Wildman–Crippen MR) is 88.0 cm³/mol. The maximum atomic E-state index is 6.29. The number of ether oxygens (including phenoxy) is 1. The minimum atomic E-state index is 0.356. The topological polar surface area (TPSA) is 37.4 Å². The molecule has 1 atom stereocenters. The molecule has 1 saturated heterocycles. The van der Waals surface area contributed by atoms with Crippen molar-refractivity contribution in [2.24, 2.45) is 0 Å². The summed E-state index contributed by atoms with van der Waals surface area (Å²) in [5, 5.41) is 3.98. The van der Waals surface area contributed by atoms with Crippen LogP contribution in [0.15, 0.2) is 12.1 Å². The molecule has 0 radical (unpaired) electrons. The quantitative estimate of drug-likeness (QED) is 0.835. The van der Waals surface area contributed by atoms with Gasteiger partial charge in [0.15, 0.2) is 0 Å². The Hall–Kier alpha value is -0.840. The van der Waals surface area contributed by atoms with Crippen LogP contribution in [0.3, 0.4) is 0 Å². The molecule has 1 unspecified atom stereocenters. The van der Waals surface area contributed by atoms with Gasteiger partial charge in [0.1, 0.15) is 5.82 Å². The van der Waals surface area contributed by atoms with Crippen molar-refractivity contribution in [3.05, 3.63) is 22.8 Å². The van der Waals surface area contributed by atoms with Crippen molar-refractivity contribution in [1.82, 2.24) is 9.88 Å². The average Bonchev–Trinajstić information content (AvgIpc) is 2.49. The Kier molecular flexibility index (Phi) is 6.74. The second-order valence-corrected chi connectivity index (χ2v) is 5.93. The molecule has 2 rings (SSSR count).